The zero-order valence-electron chi connectivity index (χ0n) is 20.9. The molecule has 2 saturated heterocycles. The number of carbonyl (C=O) groups is 2. The number of halogens is 1. The number of hydrogen-bond donors (Lipinski definition) is 0. The number of nitrogens with zero attached hydrogens (tertiary/aromatic N) is 4. The molecular formula is C28H27BrN4O5. The van der Waals surface area contributed by atoms with Crippen molar-refractivity contribution in [1.29, 1.82) is 0 Å². The Morgan fingerprint density at radius 1 is 0.947 bits per heavy atom. The Morgan fingerprint density at radius 3 is 2.24 bits per heavy atom. The van der Waals surface area contributed by atoms with E-state index >= 15 is 0 Å². The number of benzene rings is 2. The molecule has 1 aromatic heterocycles. The van der Waals surface area contributed by atoms with Crippen LogP contribution >= 0.6 is 15.9 Å². The quantitative estimate of drug-likeness (QED) is 0.310. The molecule has 0 unspecified atom stereocenters. The predicted molar refractivity (Wildman–Crippen MR) is 145 cm³/mol. The summed E-state index contributed by atoms with van der Waals surface area (Å²) in [6, 6.07) is 18.4. The molecule has 2 aliphatic heterocycles. The number of likely N-dealkylation sites (tertiary alicyclic amines) is 2. The monoisotopic (exact) mass is 578 g/mol. The molecule has 5 rings (SSSR count). The first-order valence-corrected chi connectivity index (χ1v) is 13.3. The average Bonchev–Trinajstić information content (AvgIpc) is 3.24. The second-order valence-electron chi connectivity index (χ2n) is 9.67. The van der Waals surface area contributed by atoms with Crippen molar-refractivity contribution in [3.63, 3.8) is 0 Å². The number of fused-ring (bicyclic) bond motifs is 1. The zero-order valence-corrected chi connectivity index (χ0v) is 22.5. The number of rotatable bonds is 5. The van der Waals surface area contributed by atoms with Gasteiger partial charge in [0.2, 0.25) is 11.6 Å². The maximum Gasteiger partial charge on any atom is 0.300 e. The van der Waals surface area contributed by atoms with Crippen molar-refractivity contribution >= 4 is 33.4 Å². The summed E-state index contributed by atoms with van der Waals surface area (Å²) < 4.78 is 6.08. The maximum atomic E-state index is 13.3. The SMILES string of the molecule is COc1ccc([N+](=O)[O-])c(C(=O)N2C[C@H]3CCN(C(=O)c4ccc(-c5cccc(Br)c5)cc4)CC[C@H]3C2)n1. The normalized spacial score (nSPS) is 19.0. The molecule has 2 fully saturated rings. The van der Waals surface area contributed by atoms with Gasteiger partial charge in [-0.1, -0.05) is 40.2 Å². The smallest absolute Gasteiger partial charge is 0.300 e. The fourth-order valence-corrected chi connectivity index (χ4v) is 5.77. The van der Waals surface area contributed by atoms with Gasteiger partial charge in [-0.2, -0.15) is 0 Å². The van der Waals surface area contributed by atoms with Crippen LogP contribution in [0.1, 0.15) is 33.7 Å². The first-order chi connectivity index (χ1) is 18.3. The van der Waals surface area contributed by atoms with Crippen LogP contribution in [0.3, 0.4) is 0 Å². The summed E-state index contributed by atoms with van der Waals surface area (Å²) in [5.41, 5.74) is 2.25. The minimum atomic E-state index is -0.595. The van der Waals surface area contributed by atoms with Gasteiger partial charge in [0.25, 0.3) is 11.8 Å². The molecule has 38 heavy (non-hydrogen) atoms. The molecule has 0 aliphatic carbocycles. The Morgan fingerprint density at radius 2 is 1.63 bits per heavy atom. The van der Waals surface area contributed by atoms with Gasteiger partial charge in [-0.25, -0.2) is 4.98 Å². The Labute approximate surface area is 228 Å². The fourth-order valence-electron chi connectivity index (χ4n) is 5.37. The van der Waals surface area contributed by atoms with Gasteiger partial charge in [-0.15, -0.1) is 0 Å². The van der Waals surface area contributed by atoms with Crippen molar-refractivity contribution in [2.45, 2.75) is 12.8 Å². The molecule has 0 N–H and O–H groups in total. The van der Waals surface area contributed by atoms with E-state index in [0.29, 0.717) is 31.7 Å². The standard InChI is InChI=1S/C28H27BrN4O5/c1-38-25-10-9-24(33(36)37)26(30-25)28(35)32-16-21-11-13-31(14-12-22(21)17-32)27(34)19-7-5-18(6-8-19)20-3-2-4-23(29)15-20/h2-10,15,21-22H,11-14,16-17H2,1H3/t21-,22+. The van der Waals surface area contributed by atoms with E-state index in [1.807, 2.05) is 53.4 Å². The third kappa shape index (κ3) is 5.26. The molecule has 0 saturated carbocycles. The molecule has 9 nitrogen and oxygen atoms in total. The summed E-state index contributed by atoms with van der Waals surface area (Å²) in [5, 5.41) is 11.5. The summed E-state index contributed by atoms with van der Waals surface area (Å²) >= 11 is 3.50. The number of aromatic nitrogens is 1. The first kappa shape index (κ1) is 25.8. The molecule has 0 bridgehead atoms. The van der Waals surface area contributed by atoms with Gasteiger partial charge in [0.1, 0.15) is 0 Å². The zero-order chi connectivity index (χ0) is 26.8. The molecule has 0 spiro atoms. The van der Waals surface area contributed by atoms with E-state index in [9.17, 15) is 19.7 Å². The van der Waals surface area contributed by atoms with Crippen molar-refractivity contribution < 1.29 is 19.2 Å². The highest BCUT2D eigenvalue weighted by atomic mass is 79.9. The van der Waals surface area contributed by atoms with E-state index in [1.165, 1.54) is 19.2 Å². The van der Waals surface area contributed by atoms with E-state index in [4.69, 9.17) is 4.74 Å². The Kier molecular flexibility index (Phi) is 7.42. The van der Waals surface area contributed by atoms with Crippen molar-refractivity contribution in [2.75, 3.05) is 33.3 Å². The maximum absolute atomic E-state index is 13.3. The molecule has 2 aromatic carbocycles. The lowest BCUT2D eigenvalue weighted by Crippen LogP contribution is -2.34. The number of carbonyl (C=O) groups excluding carboxylic acids is 2. The van der Waals surface area contributed by atoms with Crippen LogP contribution < -0.4 is 4.74 Å². The molecule has 3 aromatic rings. The van der Waals surface area contributed by atoms with Crippen LogP contribution in [0.5, 0.6) is 5.88 Å². The molecule has 3 heterocycles. The fraction of sp³-hybridized carbons (Fsp3) is 0.321. The van der Waals surface area contributed by atoms with E-state index in [-0.39, 0.29) is 35.0 Å². The van der Waals surface area contributed by atoms with Gasteiger partial charge < -0.3 is 14.5 Å². The average molecular weight is 579 g/mol. The molecule has 2 aliphatic rings. The number of ether oxygens (including phenoxy) is 1. The number of amides is 2. The summed E-state index contributed by atoms with van der Waals surface area (Å²) in [4.78, 5) is 45.0. The van der Waals surface area contributed by atoms with E-state index in [1.54, 1.807) is 4.90 Å². The number of methoxy groups -OCH3 is 1. The van der Waals surface area contributed by atoms with Crippen LogP contribution in [0.15, 0.2) is 65.1 Å². The first-order valence-electron chi connectivity index (χ1n) is 12.5. The lowest BCUT2D eigenvalue weighted by molar-refractivity contribution is -0.385. The van der Waals surface area contributed by atoms with Crippen molar-refractivity contribution in [1.82, 2.24) is 14.8 Å². The van der Waals surface area contributed by atoms with Crippen LogP contribution in [-0.4, -0.2) is 64.8 Å². The highest BCUT2D eigenvalue weighted by Gasteiger charge is 2.40. The number of nitro groups is 1. The molecule has 2 atom stereocenters. The van der Waals surface area contributed by atoms with Gasteiger partial charge in [-0.05, 0) is 60.1 Å². The van der Waals surface area contributed by atoms with Crippen LogP contribution in [0.25, 0.3) is 11.1 Å². The highest BCUT2D eigenvalue weighted by molar-refractivity contribution is 9.10. The topological polar surface area (TPSA) is 106 Å². The minimum absolute atomic E-state index is 0.00917. The van der Waals surface area contributed by atoms with E-state index in [2.05, 4.69) is 20.9 Å². The third-order valence-electron chi connectivity index (χ3n) is 7.44. The van der Waals surface area contributed by atoms with Gasteiger partial charge in [0.05, 0.1) is 12.0 Å². The number of hydrogen-bond acceptors (Lipinski definition) is 6. The van der Waals surface area contributed by atoms with Crippen molar-refractivity contribution in [3.8, 4) is 17.0 Å². The minimum Gasteiger partial charge on any atom is -0.481 e. The van der Waals surface area contributed by atoms with Crippen molar-refractivity contribution in [2.24, 2.45) is 11.8 Å². The third-order valence-corrected chi connectivity index (χ3v) is 7.93. The predicted octanol–water partition coefficient (Wildman–Crippen LogP) is 5.05. The highest BCUT2D eigenvalue weighted by Crippen LogP contribution is 2.34. The van der Waals surface area contributed by atoms with Gasteiger partial charge >= 0.3 is 5.69 Å². The molecule has 0 radical (unpaired) electrons. The van der Waals surface area contributed by atoms with Crippen LogP contribution in [0.4, 0.5) is 5.69 Å². The summed E-state index contributed by atoms with van der Waals surface area (Å²) in [7, 11) is 1.40. The lowest BCUT2D eigenvalue weighted by atomic mass is 9.92. The van der Waals surface area contributed by atoms with Gasteiger partial charge in [-0.3, -0.25) is 19.7 Å². The summed E-state index contributed by atoms with van der Waals surface area (Å²) in [5.74, 6) is 0.156. The molecule has 196 valence electrons. The van der Waals surface area contributed by atoms with Gasteiger partial charge in [0, 0.05) is 48.3 Å². The van der Waals surface area contributed by atoms with Crippen LogP contribution in [0.2, 0.25) is 0 Å². The number of pyridine rings is 1. The second-order valence-corrected chi connectivity index (χ2v) is 10.6. The largest absolute Gasteiger partial charge is 0.481 e. The Bertz CT molecular complexity index is 1360. The van der Waals surface area contributed by atoms with Crippen molar-refractivity contribution in [3.05, 3.63) is 86.5 Å². The Balaban J connectivity index is 1.23. The molecular weight excluding hydrogens is 552 g/mol. The second kappa shape index (κ2) is 10.9. The van der Waals surface area contributed by atoms with Gasteiger partial charge in [0.15, 0.2) is 0 Å². The van der Waals surface area contributed by atoms with Crippen LogP contribution in [0, 0.1) is 22.0 Å². The Hall–Kier alpha value is -3.79. The molecule has 2 amide bonds. The summed E-state index contributed by atoms with van der Waals surface area (Å²) in [6.45, 7) is 2.19. The lowest BCUT2D eigenvalue weighted by Gasteiger charge is -2.22. The molecule has 10 heteroatoms. The summed E-state index contributed by atoms with van der Waals surface area (Å²) in [6.07, 6.45) is 1.54. The van der Waals surface area contributed by atoms with E-state index < -0.39 is 10.8 Å². The van der Waals surface area contributed by atoms with Crippen LogP contribution in [-0.2, 0) is 0 Å². The van der Waals surface area contributed by atoms with E-state index in [0.717, 1.165) is 28.4 Å².